The molecule has 1 saturated heterocycles. The number of anilines is 1. The van der Waals surface area contributed by atoms with E-state index in [4.69, 9.17) is 9.51 Å². The minimum Gasteiger partial charge on any atom is -0.350 e. The fraction of sp³-hybridized carbons (Fsp3) is 0.263. The summed E-state index contributed by atoms with van der Waals surface area (Å²) in [4.78, 5) is 21.5. The molecule has 142 valence electrons. The number of rotatable bonds is 3. The zero-order valence-corrected chi connectivity index (χ0v) is 16.1. The van der Waals surface area contributed by atoms with Crippen LogP contribution in [0.4, 0.5) is 5.13 Å². The van der Waals surface area contributed by atoms with Gasteiger partial charge in [0.2, 0.25) is 5.76 Å². The molecular formula is C19H18N6O2S. The average molecular weight is 394 g/mol. The fourth-order valence-electron chi connectivity index (χ4n) is 3.32. The standard InChI is InChI=1S/C19H18N6O2S/c1-23-12-13(11-20-23)15-10-16(27-22-15)18(26)24-6-8-25(9-7-24)19-21-14-4-2-3-5-17(14)28-19/h2-5,10-12H,6-9H2,1H3. The van der Waals surface area contributed by atoms with Gasteiger partial charge in [-0.15, -0.1) is 0 Å². The van der Waals surface area contributed by atoms with Crippen molar-refractivity contribution in [2.45, 2.75) is 0 Å². The van der Waals surface area contributed by atoms with Crippen molar-refractivity contribution in [3.05, 3.63) is 48.5 Å². The number of para-hydroxylation sites is 1. The van der Waals surface area contributed by atoms with Crippen LogP contribution in [0.5, 0.6) is 0 Å². The summed E-state index contributed by atoms with van der Waals surface area (Å²) in [5.74, 6) is 0.124. The van der Waals surface area contributed by atoms with E-state index in [-0.39, 0.29) is 11.7 Å². The summed E-state index contributed by atoms with van der Waals surface area (Å²) >= 11 is 1.69. The zero-order valence-electron chi connectivity index (χ0n) is 15.3. The number of carbonyl (C=O) groups excluding carboxylic acids is 1. The molecule has 0 atom stereocenters. The van der Waals surface area contributed by atoms with Crippen molar-refractivity contribution in [2.24, 2.45) is 7.05 Å². The summed E-state index contributed by atoms with van der Waals surface area (Å²) < 4.78 is 8.16. The maximum atomic E-state index is 12.8. The van der Waals surface area contributed by atoms with Gasteiger partial charge < -0.3 is 14.3 Å². The molecule has 28 heavy (non-hydrogen) atoms. The molecule has 0 aliphatic carbocycles. The van der Waals surface area contributed by atoms with Gasteiger partial charge in [-0.05, 0) is 12.1 Å². The lowest BCUT2D eigenvalue weighted by atomic mass is 10.2. The van der Waals surface area contributed by atoms with E-state index in [9.17, 15) is 4.79 Å². The van der Waals surface area contributed by atoms with Gasteiger partial charge in [0.05, 0.1) is 16.4 Å². The van der Waals surface area contributed by atoms with Gasteiger partial charge in [0, 0.05) is 51.1 Å². The lowest BCUT2D eigenvalue weighted by Crippen LogP contribution is -2.48. The first-order valence-corrected chi connectivity index (χ1v) is 9.84. The predicted molar refractivity (Wildman–Crippen MR) is 106 cm³/mol. The third-order valence-corrected chi connectivity index (χ3v) is 5.94. The average Bonchev–Trinajstić information content (AvgIpc) is 3.46. The molecule has 0 radical (unpaired) electrons. The lowest BCUT2D eigenvalue weighted by Gasteiger charge is -2.33. The largest absolute Gasteiger partial charge is 0.350 e. The summed E-state index contributed by atoms with van der Waals surface area (Å²) in [5, 5.41) is 9.13. The first kappa shape index (κ1) is 16.9. The van der Waals surface area contributed by atoms with Crippen molar-refractivity contribution in [3.8, 4) is 11.3 Å². The van der Waals surface area contributed by atoms with Crippen LogP contribution in [0.2, 0.25) is 0 Å². The second-order valence-electron chi connectivity index (χ2n) is 6.72. The number of aromatic nitrogens is 4. The predicted octanol–water partition coefficient (Wildman–Crippen LogP) is 2.65. The quantitative estimate of drug-likeness (QED) is 0.531. The van der Waals surface area contributed by atoms with Gasteiger partial charge in [-0.2, -0.15) is 5.10 Å². The highest BCUT2D eigenvalue weighted by atomic mass is 32.1. The second-order valence-corrected chi connectivity index (χ2v) is 7.73. The Balaban J connectivity index is 1.26. The van der Waals surface area contributed by atoms with Crippen LogP contribution in [0.25, 0.3) is 21.5 Å². The molecule has 0 saturated carbocycles. The number of hydrogen-bond donors (Lipinski definition) is 0. The van der Waals surface area contributed by atoms with Gasteiger partial charge in [-0.1, -0.05) is 28.6 Å². The molecule has 4 heterocycles. The number of amides is 1. The zero-order chi connectivity index (χ0) is 19.1. The van der Waals surface area contributed by atoms with Crippen LogP contribution < -0.4 is 4.90 Å². The monoisotopic (exact) mass is 394 g/mol. The van der Waals surface area contributed by atoms with Crippen molar-refractivity contribution >= 4 is 32.6 Å². The van der Waals surface area contributed by atoms with Gasteiger partial charge in [0.15, 0.2) is 5.13 Å². The molecule has 9 heteroatoms. The molecule has 8 nitrogen and oxygen atoms in total. The molecule has 5 rings (SSSR count). The number of benzene rings is 1. The molecule has 0 bridgehead atoms. The molecule has 1 fully saturated rings. The summed E-state index contributed by atoms with van der Waals surface area (Å²) in [6, 6.07) is 9.82. The minimum atomic E-state index is -0.133. The molecule has 0 unspecified atom stereocenters. The molecule has 1 amide bonds. The Kier molecular flexibility index (Phi) is 4.09. The van der Waals surface area contributed by atoms with Crippen molar-refractivity contribution in [1.29, 1.82) is 0 Å². The Labute approximate surface area is 165 Å². The third-order valence-electron chi connectivity index (χ3n) is 4.84. The van der Waals surface area contributed by atoms with Gasteiger partial charge in [0.1, 0.15) is 5.69 Å². The van der Waals surface area contributed by atoms with Crippen LogP contribution in [-0.4, -0.2) is 56.9 Å². The van der Waals surface area contributed by atoms with Crippen molar-refractivity contribution in [1.82, 2.24) is 24.8 Å². The third kappa shape index (κ3) is 3.03. The van der Waals surface area contributed by atoms with E-state index >= 15 is 0 Å². The van der Waals surface area contributed by atoms with Crippen LogP contribution in [0, 0.1) is 0 Å². The first-order chi connectivity index (χ1) is 13.7. The number of fused-ring (bicyclic) bond motifs is 1. The topological polar surface area (TPSA) is 80.3 Å². The number of carbonyl (C=O) groups is 1. The van der Waals surface area contributed by atoms with E-state index in [0.29, 0.717) is 18.8 Å². The normalized spacial score (nSPS) is 14.8. The minimum absolute atomic E-state index is 0.133. The number of hydrogen-bond acceptors (Lipinski definition) is 7. The van der Waals surface area contributed by atoms with E-state index in [1.54, 1.807) is 33.2 Å². The molecule has 4 aromatic rings. The number of nitrogens with zero attached hydrogens (tertiary/aromatic N) is 6. The summed E-state index contributed by atoms with van der Waals surface area (Å²) in [5.41, 5.74) is 2.46. The maximum absolute atomic E-state index is 12.8. The highest BCUT2D eigenvalue weighted by Crippen LogP contribution is 2.29. The Hall–Kier alpha value is -3.20. The van der Waals surface area contributed by atoms with Gasteiger partial charge in [-0.3, -0.25) is 9.48 Å². The van der Waals surface area contributed by atoms with Crippen LogP contribution >= 0.6 is 11.3 Å². The Bertz CT molecular complexity index is 1110. The second kappa shape index (κ2) is 6.75. The molecule has 0 N–H and O–H groups in total. The van der Waals surface area contributed by atoms with E-state index in [1.165, 1.54) is 4.70 Å². The highest BCUT2D eigenvalue weighted by Gasteiger charge is 2.26. The van der Waals surface area contributed by atoms with Gasteiger partial charge in [-0.25, -0.2) is 4.98 Å². The molecule has 1 aromatic carbocycles. The van der Waals surface area contributed by atoms with Gasteiger partial charge in [0.25, 0.3) is 5.91 Å². The van der Waals surface area contributed by atoms with E-state index in [0.717, 1.165) is 29.3 Å². The van der Waals surface area contributed by atoms with Crippen LogP contribution in [0.15, 0.2) is 47.2 Å². The van der Waals surface area contributed by atoms with Crippen LogP contribution in [0.1, 0.15) is 10.6 Å². The number of thiazole rings is 1. The summed E-state index contributed by atoms with van der Waals surface area (Å²) in [6.07, 6.45) is 3.53. The van der Waals surface area contributed by atoms with E-state index in [2.05, 4.69) is 21.2 Å². The van der Waals surface area contributed by atoms with Crippen molar-refractivity contribution in [2.75, 3.05) is 31.1 Å². The smallest absolute Gasteiger partial charge is 0.292 e. The van der Waals surface area contributed by atoms with Crippen LogP contribution in [0.3, 0.4) is 0 Å². The molecule has 3 aromatic heterocycles. The Morgan fingerprint density at radius 3 is 2.75 bits per heavy atom. The molecule has 0 spiro atoms. The summed E-state index contributed by atoms with van der Waals surface area (Å²) in [6.45, 7) is 2.74. The molecular weight excluding hydrogens is 376 g/mol. The fourth-order valence-corrected chi connectivity index (χ4v) is 4.33. The summed E-state index contributed by atoms with van der Waals surface area (Å²) in [7, 11) is 1.83. The van der Waals surface area contributed by atoms with Gasteiger partial charge >= 0.3 is 0 Å². The molecule has 1 aliphatic rings. The maximum Gasteiger partial charge on any atom is 0.292 e. The van der Waals surface area contributed by atoms with Crippen molar-refractivity contribution in [3.63, 3.8) is 0 Å². The van der Waals surface area contributed by atoms with E-state index < -0.39 is 0 Å². The Morgan fingerprint density at radius 2 is 2.00 bits per heavy atom. The first-order valence-electron chi connectivity index (χ1n) is 9.03. The Morgan fingerprint density at radius 1 is 1.18 bits per heavy atom. The SMILES string of the molecule is Cn1cc(-c2cc(C(=O)N3CCN(c4nc5ccccc5s4)CC3)on2)cn1. The van der Waals surface area contributed by atoms with Crippen molar-refractivity contribution < 1.29 is 9.32 Å². The van der Waals surface area contributed by atoms with E-state index in [1.807, 2.05) is 31.4 Å². The molecule has 1 aliphatic heterocycles. The number of aryl methyl sites for hydroxylation is 1. The van der Waals surface area contributed by atoms with Crippen LogP contribution in [-0.2, 0) is 7.05 Å². The highest BCUT2D eigenvalue weighted by molar-refractivity contribution is 7.22. The lowest BCUT2D eigenvalue weighted by molar-refractivity contribution is 0.0705. The number of piperazine rings is 1.